The lowest BCUT2D eigenvalue weighted by Crippen LogP contribution is -2.31. The van der Waals surface area contributed by atoms with Gasteiger partial charge >= 0.3 is 0 Å². The first-order valence-electron chi connectivity index (χ1n) is 5.99. The lowest BCUT2D eigenvalue weighted by Gasteiger charge is -2.23. The van der Waals surface area contributed by atoms with Crippen molar-refractivity contribution in [3.05, 3.63) is 33.5 Å². The van der Waals surface area contributed by atoms with Crippen molar-refractivity contribution in [3.8, 4) is 0 Å². The van der Waals surface area contributed by atoms with E-state index in [1.807, 2.05) is 23.1 Å². The van der Waals surface area contributed by atoms with Crippen molar-refractivity contribution in [1.29, 1.82) is 0 Å². The highest BCUT2D eigenvalue weighted by atomic mass is 32.1. The van der Waals surface area contributed by atoms with Crippen LogP contribution in [0.1, 0.15) is 35.1 Å². The highest BCUT2D eigenvalue weighted by molar-refractivity contribution is 7.10. The zero-order valence-corrected chi connectivity index (χ0v) is 10.9. The van der Waals surface area contributed by atoms with E-state index in [1.54, 1.807) is 0 Å². The quantitative estimate of drug-likeness (QED) is 0.879. The average molecular weight is 248 g/mol. The molecule has 3 rings (SSSR count). The molecule has 2 aromatic rings. The van der Waals surface area contributed by atoms with Crippen LogP contribution in [0.5, 0.6) is 0 Å². The van der Waals surface area contributed by atoms with E-state index in [1.165, 1.54) is 10.4 Å². The van der Waals surface area contributed by atoms with Gasteiger partial charge in [0.15, 0.2) is 5.82 Å². The highest BCUT2D eigenvalue weighted by Gasteiger charge is 2.26. The summed E-state index contributed by atoms with van der Waals surface area (Å²) in [5.41, 5.74) is 1.37. The first-order chi connectivity index (χ1) is 8.29. The number of aryl methyl sites for hydroxylation is 2. The molecule has 0 bridgehead atoms. The van der Waals surface area contributed by atoms with Gasteiger partial charge in [-0.3, -0.25) is 4.68 Å². The van der Waals surface area contributed by atoms with Crippen molar-refractivity contribution in [2.24, 2.45) is 7.05 Å². The van der Waals surface area contributed by atoms with Crippen molar-refractivity contribution in [2.75, 3.05) is 6.54 Å². The summed E-state index contributed by atoms with van der Waals surface area (Å²) in [7, 11) is 1.98. The van der Waals surface area contributed by atoms with Crippen molar-refractivity contribution in [1.82, 2.24) is 20.1 Å². The molecule has 0 spiro atoms. The Labute approximate surface area is 105 Å². The van der Waals surface area contributed by atoms with Crippen molar-refractivity contribution in [3.63, 3.8) is 0 Å². The van der Waals surface area contributed by atoms with Gasteiger partial charge in [0.1, 0.15) is 5.82 Å². The van der Waals surface area contributed by atoms with Gasteiger partial charge in [0.05, 0.1) is 6.04 Å². The van der Waals surface area contributed by atoms with E-state index in [9.17, 15) is 0 Å². The number of thiophene rings is 1. The molecule has 1 atom stereocenters. The molecule has 0 fully saturated rings. The number of hydrogen-bond donors (Lipinski definition) is 1. The number of nitrogens with zero attached hydrogens (tertiary/aromatic N) is 3. The average Bonchev–Trinajstić information content (AvgIpc) is 2.94. The minimum absolute atomic E-state index is 0.211. The van der Waals surface area contributed by atoms with Gasteiger partial charge in [-0.15, -0.1) is 11.3 Å². The number of rotatable bonds is 2. The van der Waals surface area contributed by atoms with Crippen LogP contribution in [0.2, 0.25) is 0 Å². The molecule has 17 heavy (non-hydrogen) atoms. The SMILES string of the molecule is CCc1nc(C2NCCc3sccc32)n(C)n1. The summed E-state index contributed by atoms with van der Waals surface area (Å²) in [6, 6.07) is 2.42. The second kappa shape index (κ2) is 4.23. The molecule has 0 aliphatic carbocycles. The summed E-state index contributed by atoms with van der Waals surface area (Å²) in [5, 5.41) is 10.1. The van der Waals surface area contributed by atoms with Gasteiger partial charge in [-0.25, -0.2) is 4.98 Å². The van der Waals surface area contributed by atoms with Crippen LogP contribution in [0.4, 0.5) is 0 Å². The Morgan fingerprint density at radius 2 is 2.47 bits per heavy atom. The zero-order valence-electron chi connectivity index (χ0n) is 10.1. The molecule has 3 heterocycles. The van der Waals surface area contributed by atoms with E-state index < -0.39 is 0 Å². The summed E-state index contributed by atoms with van der Waals surface area (Å²) in [4.78, 5) is 6.11. The fraction of sp³-hybridized carbons (Fsp3) is 0.500. The number of fused-ring (bicyclic) bond motifs is 1. The third-order valence-corrected chi connectivity index (χ3v) is 4.20. The molecule has 1 aliphatic rings. The second-order valence-electron chi connectivity index (χ2n) is 4.30. The van der Waals surface area contributed by atoms with E-state index in [0.29, 0.717) is 0 Å². The predicted octanol–water partition coefficient (Wildman–Crippen LogP) is 1.67. The number of hydrogen-bond acceptors (Lipinski definition) is 4. The molecular formula is C12H16N4S. The summed E-state index contributed by atoms with van der Waals surface area (Å²) in [6.07, 6.45) is 2.01. The van der Waals surface area contributed by atoms with Gasteiger partial charge in [0, 0.05) is 24.9 Å². The number of aromatic nitrogens is 3. The Bertz CT molecular complexity index is 528. The van der Waals surface area contributed by atoms with E-state index >= 15 is 0 Å². The molecular weight excluding hydrogens is 232 g/mol. The molecule has 0 saturated carbocycles. The molecule has 1 unspecified atom stereocenters. The Hall–Kier alpha value is -1.20. The van der Waals surface area contributed by atoms with Gasteiger partial charge in [0.25, 0.3) is 0 Å². The lowest BCUT2D eigenvalue weighted by molar-refractivity contribution is 0.523. The maximum atomic E-state index is 4.62. The van der Waals surface area contributed by atoms with Crippen molar-refractivity contribution < 1.29 is 0 Å². The van der Waals surface area contributed by atoms with Gasteiger partial charge in [-0.2, -0.15) is 5.10 Å². The maximum Gasteiger partial charge on any atom is 0.150 e. The van der Waals surface area contributed by atoms with Gasteiger partial charge in [-0.05, 0) is 23.4 Å². The van der Waals surface area contributed by atoms with Gasteiger partial charge in [0.2, 0.25) is 0 Å². The van der Waals surface area contributed by atoms with Crippen LogP contribution in [0.15, 0.2) is 11.4 Å². The van der Waals surface area contributed by atoms with Crippen molar-refractivity contribution in [2.45, 2.75) is 25.8 Å². The monoisotopic (exact) mass is 248 g/mol. The molecule has 1 N–H and O–H groups in total. The summed E-state index contributed by atoms with van der Waals surface area (Å²) in [6.45, 7) is 3.11. The molecule has 0 radical (unpaired) electrons. The fourth-order valence-electron chi connectivity index (χ4n) is 2.33. The van der Waals surface area contributed by atoms with E-state index in [2.05, 4.69) is 33.8 Å². The first-order valence-corrected chi connectivity index (χ1v) is 6.87. The van der Waals surface area contributed by atoms with Crippen LogP contribution in [-0.2, 0) is 19.9 Å². The normalized spacial score (nSPS) is 19.3. The van der Waals surface area contributed by atoms with Crippen LogP contribution >= 0.6 is 11.3 Å². The topological polar surface area (TPSA) is 42.7 Å². The third-order valence-electron chi connectivity index (χ3n) is 3.21. The van der Waals surface area contributed by atoms with Crippen LogP contribution in [0.3, 0.4) is 0 Å². The highest BCUT2D eigenvalue weighted by Crippen LogP contribution is 2.30. The van der Waals surface area contributed by atoms with Crippen LogP contribution in [-0.4, -0.2) is 21.3 Å². The van der Waals surface area contributed by atoms with E-state index in [-0.39, 0.29) is 6.04 Å². The summed E-state index contributed by atoms with van der Waals surface area (Å²) >= 11 is 1.84. The zero-order chi connectivity index (χ0) is 11.8. The van der Waals surface area contributed by atoms with Crippen molar-refractivity contribution >= 4 is 11.3 Å². The lowest BCUT2D eigenvalue weighted by atomic mass is 10.0. The Morgan fingerprint density at radius 3 is 3.24 bits per heavy atom. The largest absolute Gasteiger partial charge is 0.303 e. The Kier molecular flexibility index (Phi) is 2.72. The second-order valence-corrected chi connectivity index (χ2v) is 5.30. The fourth-order valence-corrected chi connectivity index (χ4v) is 3.25. The van der Waals surface area contributed by atoms with Crippen LogP contribution < -0.4 is 5.32 Å². The van der Waals surface area contributed by atoms with Crippen LogP contribution in [0.25, 0.3) is 0 Å². The Morgan fingerprint density at radius 1 is 1.59 bits per heavy atom. The molecule has 4 nitrogen and oxygen atoms in total. The van der Waals surface area contributed by atoms with Gasteiger partial charge in [-0.1, -0.05) is 6.92 Å². The Balaban J connectivity index is 2.03. The number of nitrogens with one attached hydrogen (secondary N) is 1. The molecule has 0 aromatic carbocycles. The summed E-state index contributed by atoms with van der Waals surface area (Å²) in [5.74, 6) is 1.95. The first kappa shape index (κ1) is 10.9. The maximum absolute atomic E-state index is 4.62. The molecule has 2 aromatic heterocycles. The molecule has 0 saturated heterocycles. The smallest absolute Gasteiger partial charge is 0.150 e. The van der Waals surface area contributed by atoms with E-state index in [0.717, 1.165) is 31.0 Å². The molecule has 0 amide bonds. The third kappa shape index (κ3) is 1.79. The predicted molar refractivity (Wildman–Crippen MR) is 68.2 cm³/mol. The standard InChI is InChI=1S/C12H16N4S/c1-3-10-14-12(16(2)15-10)11-8-5-7-17-9(8)4-6-13-11/h5,7,11,13H,3-4,6H2,1-2H3. The van der Waals surface area contributed by atoms with Crippen LogP contribution in [0, 0.1) is 0 Å². The molecule has 90 valence electrons. The minimum atomic E-state index is 0.211. The minimum Gasteiger partial charge on any atom is -0.303 e. The summed E-state index contributed by atoms with van der Waals surface area (Å²) < 4.78 is 1.91. The molecule has 5 heteroatoms. The van der Waals surface area contributed by atoms with Gasteiger partial charge < -0.3 is 5.32 Å². The molecule has 1 aliphatic heterocycles. The van der Waals surface area contributed by atoms with E-state index in [4.69, 9.17) is 0 Å².